The molecule has 0 saturated heterocycles. The van der Waals surface area contributed by atoms with Crippen molar-refractivity contribution >= 4 is 16.7 Å². The van der Waals surface area contributed by atoms with Gasteiger partial charge in [-0.25, -0.2) is 4.79 Å². The molecule has 4 nitrogen and oxygen atoms in total. The predicted molar refractivity (Wildman–Crippen MR) is 94.0 cm³/mol. The van der Waals surface area contributed by atoms with Crippen molar-refractivity contribution < 1.29 is 4.42 Å². The molecule has 0 spiro atoms. The Labute approximate surface area is 135 Å². The van der Waals surface area contributed by atoms with Gasteiger partial charge in [0, 0.05) is 42.1 Å². The maximum atomic E-state index is 12.4. The van der Waals surface area contributed by atoms with Gasteiger partial charge in [0.05, 0.1) is 5.56 Å². The largest absolute Gasteiger partial charge is 0.422 e. The second-order valence-corrected chi connectivity index (χ2v) is 5.53. The number of pyridine rings is 1. The third-order valence-electron chi connectivity index (χ3n) is 4.06. The number of hydrogen-bond donors (Lipinski definition) is 0. The van der Waals surface area contributed by atoms with Crippen molar-refractivity contribution in [1.82, 2.24) is 4.98 Å². The van der Waals surface area contributed by atoms with Crippen molar-refractivity contribution in [3.63, 3.8) is 0 Å². The average Bonchev–Trinajstić information content (AvgIpc) is 2.55. The first-order valence-corrected chi connectivity index (χ1v) is 7.88. The highest BCUT2D eigenvalue weighted by molar-refractivity contribution is 5.84. The summed E-state index contributed by atoms with van der Waals surface area (Å²) in [5, 5.41) is 0.921. The molecule has 3 rings (SSSR count). The maximum absolute atomic E-state index is 12.4. The Morgan fingerprint density at radius 2 is 1.87 bits per heavy atom. The van der Waals surface area contributed by atoms with E-state index in [4.69, 9.17) is 4.42 Å². The zero-order chi connectivity index (χ0) is 16.4. The molecule has 0 bridgehead atoms. The molecule has 0 aliphatic carbocycles. The van der Waals surface area contributed by atoms with E-state index < -0.39 is 0 Å². The van der Waals surface area contributed by atoms with Crippen LogP contribution in [-0.4, -0.2) is 18.1 Å². The third kappa shape index (κ3) is 2.97. The van der Waals surface area contributed by atoms with Gasteiger partial charge in [0.15, 0.2) is 0 Å². The summed E-state index contributed by atoms with van der Waals surface area (Å²) >= 11 is 0. The minimum Gasteiger partial charge on any atom is -0.422 e. The highest BCUT2D eigenvalue weighted by atomic mass is 16.4. The Bertz CT molecular complexity index is 895. The van der Waals surface area contributed by atoms with Crippen molar-refractivity contribution in [2.24, 2.45) is 0 Å². The molecule has 4 heteroatoms. The van der Waals surface area contributed by atoms with Crippen molar-refractivity contribution in [1.29, 1.82) is 0 Å². The standard InChI is InChI=1S/C19H20N2O2/c1-4-21(5-2)16-7-6-15-11-17(19(22)23-18(15)12-16)14-8-9-20-13(3)10-14/h6-12H,4-5H2,1-3H3. The fourth-order valence-electron chi connectivity index (χ4n) is 2.80. The second kappa shape index (κ2) is 6.24. The zero-order valence-corrected chi connectivity index (χ0v) is 13.7. The van der Waals surface area contributed by atoms with Crippen LogP contribution in [0.2, 0.25) is 0 Å². The molecule has 23 heavy (non-hydrogen) atoms. The topological polar surface area (TPSA) is 46.3 Å². The Hall–Kier alpha value is -2.62. The lowest BCUT2D eigenvalue weighted by molar-refractivity contribution is 0.563. The molecule has 3 aromatic rings. The molecule has 0 N–H and O–H groups in total. The van der Waals surface area contributed by atoms with Crippen molar-refractivity contribution in [3.05, 3.63) is 58.7 Å². The summed E-state index contributed by atoms with van der Waals surface area (Å²) in [5.74, 6) is 0. The molecule has 0 saturated carbocycles. The summed E-state index contributed by atoms with van der Waals surface area (Å²) in [4.78, 5) is 18.8. The molecular formula is C19H20N2O2. The van der Waals surface area contributed by atoms with Gasteiger partial charge in [0.25, 0.3) is 0 Å². The van der Waals surface area contributed by atoms with E-state index in [0.717, 1.165) is 35.4 Å². The van der Waals surface area contributed by atoms with Crippen molar-refractivity contribution in [3.8, 4) is 11.1 Å². The molecule has 0 radical (unpaired) electrons. The van der Waals surface area contributed by atoms with Gasteiger partial charge in [-0.2, -0.15) is 0 Å². The molecule has 118 valence electrons. The molecule has 0 aliphatic rings. The molecule has 0 aliphatic heterocycles. The minimum absolute atomic E-state index is 0.320. The van der Waals surface area contributed by atoms with Gasteiger partial charge in [-0.15, -0.1) is 0 Å². The summed E-state index contributed by atoms with van der Waals surface area (Å²) in [6.45, 7) is 7.96. The van der Waals surface area contributed by atoms with Crippen LogP contribution in [0, 0.1) is 6.92 Å². The van der Waals surface area contributed by atoms with E-state index in [1.54, 1.807) is 6.20 Å². The van der Waals surface area contributed by atoms with Crippen LogP contribution in [0.5, 0.6) is 0 Å². The van der Waals surface area contributed by atoms with Crippen LogP contribution in [0.3, 0.4) is 0 Å². The maximum Gasteiger partial charge on any atom is 0.344 e. The second-order valence-electron chi connectivity index (χ2n) is 5.53. The number of benzene rings is 1. The lowest BCUT2D eigenvalue weighted by Gasteiger charge is -2.21. The summed E-state index contributed by atoms with van der Waals surface area (Å²) in [5.41, 5.74) is 3.64. The Morgan fingerprint density at radius 3 is 2.57 bits per heavy atom. The van der Waals surface area contributed by atoms with Crippen LogP contribution in [0.4, 0.5) is 5.69 Å². The lowest BCUT2D eigenvalue weighted by Crippen LogP contribution is -2.21. The van der Waals surface area contributed by atoms with Crippen LogP contribution in [0.25, 0.3) is 22.1 Å². The summed E-state index contributed by atoms with van der Waals surface area (Å²) in [6.07, 6.45) is 1.71. The first-order chi connectivity index (χ1) is 11.1. The van der Waals surface area contributed by atoms with Crippen molar-refractivity contribution in [2.45, 2.75) is 20.8 Å². The fraction of sp³-hybridized carbons (Fsp3) is 0.263. The highest BCUT2D eigenvalue weighted by Crippen LogP contribution is 2.25. The van der Waals surface area contributed by atoms with E-state index >= 15 is 0 Å². The highest BCUT2D eigenvalue weighted by Gasteiger charge is 2.10. The Morgan fingerprint density at radius 1 is 1.09 bits per heavy atom. The monoisotopic (exact) mass is 308 g/mol. The molecule has 0 atom stereocenters. The molecule has 0 amide bonds. The smallest absolute Gasteiger partial charge is 0.344 e. The molecule has 2 aromatic heterocycles. The van der Waals surface area contributed by atoms with Crippen molar-refractivity contribution in [2.75, 3.05) is 18.0 Å². The summed E-state index contributed by atoms with van der Waals surface area (Å²) < 4.78 is 5.56. The van der Waals surface area contributed by atoms with Gasteiger partial charge in [-0.05, 0) is 56.7 Å². The van der Waals surface area contributed by atoms with Crippen LogP contribution >= 0.6 is 0 Å². The van der Waals surface area contributed by atoms with E-state index in [1.165, 1.54) is 0 Å². The number of aromatic nitrogens is 1. The van der Waals surface area contributed by atoms with Crippen LogP contribution < -0.4 is 10.5 Å². The SMILES string of the molecule is CCN(CC)c1ccc2cc(-c3ccnc(C)c3)c(=O)oc2c1. The molecule has 1 aromatic carbocycles. The van der Waals surface area contributed by atoms with E-state index in [9.17, 15) is 4.79 Å². The Balaban J connectivity index is 2.13. The average molecular weight is 308 g/mol. The molecular weight excluding hydrogens is 288 g/mol. The van der Waals surface area contributed by atoms with Crippen LogP contribution in [0.15, 0.2) is 51.8 Å². The van der Waals surface area contributed by atoms with Gasteiger partial charge in [0.2, 0.25) is 0 Å². The molecule has 2 heterocycles. The number of nitrogens with zero attached hydrogens (tertiary/aromatic N) is 2. The van der Waals surface area contributed by atoms with Gasteiger partial charge in [-0.1, -0.05) is 0 Å². The molecule has 0 unspecified atom stereocenters. The van der Waals surface area contributed by atoms with E-state index in [1.807, 2.05) is 37.3 Å². The van der Waals surface area contributed by atoms with E-state index in [2.05, 4.69) is 29.8 Å². The predicted octanol–water partition coefficient (Wildman–Crippen LogP) is 4.01. The van der Waals surface area contributed by atoms with Gasteiger partial charge < -0.3 is 9.32 Å². The Kier molecular flexibility index (Phi) is 4.15. The van der Waals surface area contributed by atoms with Gasteiger partial charge in [0.1, 0.15) is 5.58 Å². The van der Waals surface area contributed by atoms with Crippen LogP contribution in [-0.2, 0) is 0 Å². The van der Waals surface area contributed by atoms with Crippen LogP contribution in [0.1, 0.15) is 19.5 Å². The minimum atomic E-state index is -0.320. The summed E-state index contributed by atoms with van der Waals surface area (Å²) in [6, 6.07) is 11.6. The van der Waals surface area contributed by atoms with Gasteiger partial charge in [-0.3, -0.25) is 4.98 Å². The number of aryl methyl sites for hydroxylation is 1. The first kappa shape index (κ1) is 15.3. The number of hydrogen-bond acceptors (Lipinski definition) is 4. The number of fused-ring (bicyclic) bond motifs is 1. The fourth-order valence-corrected chi connectivity index (χ4v) is 2.80. The normalized spacial score (nSPS) is 10.9. The van der Waals surface area contributed by atoms with E-state index in [0.29, 0.717) is 11.1 Å². The van der Waals surface area contributed by atoms with Gasteiger partial charge >= 0.3 is 5.63 Å². The lowest BCUT2D eigenvalue weighted by atomic mass is 10.1. The molecule has 0 fully saturated rings. The number of anilines is 1. The zero-order valence-electron chi connectivity index (χ0n) is 13.7. The summed E-state index contributed by atoms with van der Waals surface area (Å²) in [7, 11) is 0. The van der Waals surface area contributed by atoms with E-state index in [-0.39, 0.29) is 5.63 Å². The first-order valence-electron chi connectivity index (χ1n) is 7.88. The third-order valence-corrected chi connectivity index (χ3v) is 4.06. The quantitative estimate of drug-likeness (QED) is 0.683. The number of rotatable bonds is 4.